The summed E-state index contributed by atoms with van der Waals surface area (Å²) in [6.07, 6.45) is 71.7. The third-order valence-electron chi connectivity index (χ3n) is 16.7. The lowest BCUT2D eigenvalue weighted by molar-refractivity contribution is -0.161. The van der Waals surface area contributed by atoms with Crippen molar-refractivity contribution in [1.82, 2.24) is 0 Å². The molecule has 0 spiro atoms. The maximum absolute atomic E-state index is 13.1. The summed E-state index contributed by atoms with van der Waals surface area (Å²) >= 11 is 0. The molecule has 0 aliphatic rings. The molecule has 19 heteroatoms. The molecule has 0 aliphatic carbocycles. The van der Waals surface area contributed by atoms with Crippen molar-refractivity contribution < 1.29 is 80.2 Å². The first-order valence-corrected chi connectivity index (χ1v) is 42.2. The normalized spacial score (nSPS) is 14.3. The van der Waals surface area contributed by atoms with Crippen LogP contribution in [0.4, 0.5) is 0 Å². The van der Waals surface area contributed by atoms with Crippen LogP contribution in [0.1, 0.15) is 349 Å². The maximum atomic E-state index is 13.1. The minimum atomic E-state index is -4.97. The van der Waals surface area contributed by atoms with E-state index in [-0.39, 0.29) is 25.7 Å². The molecule has 0 aromatic carbocycles. The number of hydrogen-bond donors (Lipinski definition) is 3. The molecule has 98 heavy (non-hydrogen) atoms. The van der Waals surface area contributed by atoms with Crippen LogP contribution in [0.25, 0.3) is 0 Å². The molecule has 0 saturated carbocycles. The summed E-state index contributed by atoms with van der Waals surface area (Å²) in [5, 5.41) is 10.6. The molecule has 3 N–H and O–H groups in total. The standard InChI is InChI=1S/C79H142O17P2/c1-5-9-13-17-21-25-29-32-34-36-38-41-45-48-52-56-60-64-77(82)90-70-75(96-79(84)66-62-58-54-50-46-42-39-37-35-33-30-26-22-18-14-10-6-2)72-94-98(87,88)92-68-73(80)67-91-97(85,86)93-71-74(95-78(83)65-61-57-53-49-43-28-24-20-16-12-8-4)69-89-76(81)63-59-55-51-47-44-40-31-27-23-19-15-11-7-3/h9-10,13-14,21-22,25-26,32-35,73-75,80H,5-8,11-12,15-20,23-24,27-31,36-72H2,1-4H3,(H,85,86)(H,87,88)/b13-9-,14-10-,25-21-,26-22-,34-32-,35-33-. The molecule has 0 bridgehead atoms. The lowest BCUT2D eigenvalue weighted by atomic mass is 10.0. The Kier molecular flexibility index (Phi) is 69.3. The third kappa shape index (κ3) is 70.9. The summed E-state index contributed by atoms with van der Waals surface area (Å²) in [5.74, 6) is -2.16. The number of hydrogen-bond acceptors (Lipinski definition) is 15. The van der Waals surface area contributed by atoms with Crippen LogP contribution >= 0.6 is 15.6 Å². The molecule has 0 amide bonds. The van der Waals surface area contributed by atoms with Crippen LogP contribution in [0.2, 0.25) is 0 Å². The average molecular weight is 1430 g/mol. The van der Waals surface area contributed by atoms with Crippen LogP contribution in [0, 0.1) is 0 Å². The van der Waals surface area contributed by atoms with E-state index in [4.69, 9.17) is 37.0 Å². The van der Waals surface area contributed by atoms with Gasteiger partial charge in [0.2, 0.25) is 0 Å². The van der Waals surface area contributed by atoms with Crippen molar-refractivity contribution in [2.45, 2.75) is 367 Å². The van der Waals surface area contributed by atoms with E-state index in [2.05, 4.69) is 101 Å². The number of ether oxygens (including phenoxy) is 4. The van der Waals surface area contributed by atoms with E-state index in [9.17, 15) is 43.2 Å². The number of aliphatic hydroxyl groups is 1. The van der Waals surface area contributed by atoms with Crippen LogP contribution in [0.3, 0.4) is 0 Å². The minimum absolute atomic E-state index is 0.0838. The highest BCUT2D eigenvalue weighted by atomic mass is 31.2. The van der Waals surface area contributed by atoms with Crippen LogP contribution in [-0.4, -0.2) is 96.7 Å². The summed E-state index contributed by atoms with van der Waals surface area (Å²) in [6.45, 7) is 4.68. The van der Waals surface area contributed by atoms with Gasteiger partial charge in [-0.15, -0.1) is 0 Å². The number of allylic oxidation sites excluding steroid dienone is 12. The van der Waals surface area contributed by atoms with Crippen molar-refractivity contribution in [3.8, 4) is 0 Å². The molecule has 0 aliphatic heterocycles. The van der Waals surface area contributed by atoms with Gasteiger partial charge in [0.1, 0.15) is 19.3 Å². The Hall–Kier alpha value is -3.50. The van der Waals surface area contributed by atoms with E-state index >= 15 is 0 Å². The second-order valence-electron chi connectivity index (χ2n) is 26.3. The van der Waals surface area contributed by atoms with Gasteiger partial charge in [0.15, 0.2) is 12.2 Å². The first kappa shape index (κ1) is 94.5. The Labute approximate surface area is 596 Å². The first-order valence-electron chi connectivity index (χ1n) is 39.2. The Morgan fingerprint density at radius 2 is 0.531 bits per heavy atom. The fraction of sp³-hybridized carbons (Fsp3) is 0.797. The SMILES string of the molecule is CC/C=C\C/C=C\C/C=C\CCCCCCCCCC(=O)OCC(COP(=O)(O)OCC(O)COP(=O)(O)OCC(COC(=O)CCCCCCCCCCCCCCC)OC(=O)CCCCCCCCCCCCC)OC(=O)CCCCCCCCC/C=C\C/C=C\C/C=C\CC. The van der Waals surface area contributed by atoms with Crippen LogP contribution in [0.15, 0.2) is 72.9 Å². The van der Waals surface area contributed by atoms with Gasteiger partial charge in [0.25, 0.3) is 0 Å². The predicted molar refractivity (Wildman–Crippen MR) is 400 cm³/mol. The molecule has 0 heterocycles. The molecule has 0 fully saturated rings. The average Bonchev–Trinajstić information content (AvgIpc) is 0.980. The Balaban J connectivity index is 5.31. The molecule has 570 valence electrons. The number of carbonyl (C=O) groups is 4. The van der Waals surface area contributed by atoms with Crippen molar-refractivity contribution in [3.05, 3.63) is 72.9 Å². The second-order valence-corrected chi connectivity index (χ2v) is 29.2. The molecule has 5 unspecified atom stereocenters. The van der Waals surface area contributed by atoms with Gasteiger partial charge in [-0.25, -0.2) is 9.13 Å². The van der Waals surface area contributed by atoms with Crippen molar-refractivity contribution in [2.75, 3.05) is 39.6 Å². The van der Waals surface area contributed by atoms with Gasteiger partial charge in [0.05, 0.1) is 26.4 Å². The molecular formula is C79H142O17P2. The third-order valence-corrected chi connectivity index (χ3v) is 18.6. The van der Waals surface area contributed by atoms with E-state index in [1.165, 1.54) is 96.3 Å². The Morgan fingerprint density at radius 3 is 0.816 bits per heavy atom. The van der Waals surface area contributed by atoms with Gasteiger partial charge in [-0.05, 0) is 89.9 Å². The monoisotopic (exact) mass is 1420 g/mol. The van der Waals surface area contributed by atoms with E-state index in [0.29, 0.717) is 25.7 Å². The summed E-state index contributed by atoms with van der Waals surface area (Å²) in [7, 11) is -9.94. The van der Waals surface area contributed by atoms with Crippen molar-refractivity contribution in [3.63, 3.8) is 0 Å². The van der Waals surface area contributed by atoms with Crippen LogP contribution in [0.5, 0.6) is 0 Å². The largest absolute Gasteiger partial charge is 0.472 e. The number of phosphoric ester groups is 2. The van der Waals surface area contributed by atoms with Crippen molar-refractivity contribution in [2.24, 2.45) is 0 Å². The molecule has 17 nitrogen and oxygen atoms in total. The summed E-state index contributed by atoms with van der Waals surface area (Å²) in [4.78, 5) is 72.9. The summed E-state index contributed by atoms with van der Waals surface area (Å²) in [5.41, 5.74) is 0. The number of aliphatic hydroxyl groups excluding tert-OH is 1. The van der Waals surface area contributed by atoms with E-state index < -0.39 is 97.5 Å². The molecule has 0 saturated heterocycles. The molecule has 0 aromatic rings. The Bertz CT molecular complexity index is 2140. The molecule has 0 radical (unpaired) electrons. The molecular weight excluding hydrogens is 1280 g/mol. The predicted octanol–water partition coefficient (Wildman–Crippen LogP) is 22.4. The van der Waals surface area contributed by atoms with E-state index in [1.807, 2.05) is 0 Å². The van der Waals surface area contributed by atoms with Crippen molar-refractivity contribution >= 4 is 39.5 Å². The number of rotatable bonds is 74. The lowest BCUT2D eigenvalue weighted by Crippen LogP contribution is -2.30. The van der Waals surface area contributed by atoms with Gasteiger partial charge in [-0.2, -0.15) is 0 Å². The highest BCUT2D eigenvalue weighted by molar-refractivity contribution is 7.47. The number of phosphoric acid groups is 2. The second kappa shape index (κ2) is 71.9. The zero-order chi connectivity index (χ0) is 71.8. The van der Waals surface area contributed by atoms with Gasteiger partial charge < -0.3 is 33.8 Å². The highest BCUT2D eigenvalue weighted by Crippen LogP contribution is 2.45. The molecule has 0 rings (SSSR count). The van der Waals surface area contributed by atoms with Crippen LogP contribution < -0.4 is 0 Å². The summed E-state index contributed by atoms with van der Waals surface area (Å²) in [6, 6.07) is 0. The number of esters is 4. The smallest absolute Gasteiger partial charge is 0.462 e. The minimum Gasteiger partial charge on any atom is -0.462 e. The van der Waals surface area contributed by atoms with Crippen molar-refractivity contribution in [1.29, 1.82) is 0 Å². The van der Waals surface area contributed by atoms with Gasteiger partial charge in [0, 0.05) is 25.7 Å². The van der Waals surface area contributed by atoms with Gasteiger partial charge in [-0.3, -0.25) is 37.3 Å². The quantitative estimate of drug-likeness (QED) is 0.0169. The fourth-order valence-electron chi connectivity index (χ4n) is 10.8. The van der Waals surface area contributed by atoms with Gasteiger partial charge in [-0.1, -0.05) is 306 Å². The van der Waals surface area contributed by atoms with Gasteiger partial charge >= 0.3 is 39.5 Å². The molecule has 5 atom stereocenters. The maximum Gasteiger partial charge on any atom is 0.472 e. The van der Waals surface area contributed by atoms with E-state index in [0.717, 1.165) is 173 Å². The first-order chi connectivity index (χ1) is 47.7. The zero-order valence-electron chi connectivity index (χ0n) is 62.2. The molecule has 0 aromatic heterocycles. The lowest BCUT2D eigenvalue weighted by Gasteiger charge is -2.21. The highest BCUT2D eigenvalue weighted by Gasteiger charge is 2.30. The zero-order valence-corrected chi connectivity index (χ0v) is 64.0. The fourth-order valence-corrected chi connectivity index (χ4v) is 12.4. The topological polar surface area (TPSA) is 237 Å². The van der Waals surface area contributed by atoms with E-state index in [1.54, 1.807) is 0 Å². The number of carbonyl (C=O) groups excluding carboxylic acids is 4. The Morgan fingerprint density at radius 1 is 0.296 bits per heavy atom. The summed E-state index contributed by atoms with van der Waals surface area (Å²) < 4.78 is 68.5. The number of unbranched alkanes of at least 4 members (excludes halogenated alkanes) is 36. The van der Waals surface area contributed by atoms with Crippen LogP contribution in [-0.2, 0) is 65.4 Å².